The summed E-state index contributed by atoms with van der Waals surface area (Å²) in [6, 6.07) is 10.5. The summed E-state index contributed by atoms with van der Waals surface area (Å²) in [6.45, 7) is 10.5. The molecule has 0 unspecified atom stereocenters. The predicted molar refractivity (Wildman–Crippen MR) is 112 cm³/mol. The lowest BCUT2D eigenvalue weighted by Gasteiger charge is -2.38. The average molecular weight is 386 g/mol. The van der Waals surface area contributed by atoms with E-state index in [2.05, 4.69) is 34.5 Å². The molecule has 2 amide bonds. The minimum absolute atomic E-state index is 0.0611. The minimum Gasteiger partial charge on any atom is -0.351 e. The molecule has 0 radical (unpaired) electrons. The summed E-state index contributed by atoms with van der Waals surface area (Å²) in [4.78, 5) is 29.8. The topological polar surface area (TPSA) is 52.7 Å². The highest BCUT2D eigenvalue weighted by molar-refractivity contribution is 5.81. The van der Waals surface area contributed by atoms with Crippen molar-refractivity contribution in [2.24, 2.45) is 11.8 Å². The van der Waals surface area contributed by atoms with Crippen LogP contribution < -0.4 is 5.32 Å². The molecule has 0 aromatic heterocycles. The predicted octanol–water partition coefficient (Wildman–Crippen LogP) is 3.05. The van der Waals surface area contributed by atoms with Gasteiger partial charge in [0.05, 0.1) is 0 Å². The molecule has 5 heteroatoms. The SMILES string of the molecule is CC(C)(C)NC(=O)C1CCC(C(=O)N2CCN(Cc3ccccc3)CC2)CC1. The third-order valence-electron chi connectivity index (χ3n) is 5.88. The molecular weight excluding hydrogens is 350 g/mol. The van der Waals surface area contributed by atoms with E-state index in [1.54, 1.807) is 0 Å². The fourth-order valence-corrected chi connectivity index (χ4v) is 4.30. The Balaban J connectivity index is 1.42. The highest BCUT2D eigenvalue weighted by Gasteiger charge is 2.34. The van der Waals surface area contributed by atoms with Crippen LogP contribution in [0.4, 0.5) is 0 Å². The number of rotatable bonds is 4. The van der Waals surface area contributed by atoms with Gasteiger partial charge in [0.15, 0.2) is 0 Å². The number of nitrogens with one attached hydrogen (secondary N) is 1. The fraction of sp³-hybridized carbons (Fsp3) is 0.652. The lowest BCUT2D eigenvalue weighted by Crippen LogP contribution is -2.50. The number of piperazine rings is 1. The van der Waals surface area contributed by atoms with Crippen molar-refractivity contribution in [3.8, 4) is 0 Å². The Labute approximate surface area is 169 Å². The van der Waals surface area contributed by atoms with Crippen LogP contribution in [-0.4, -0.2) is 53.3 Å². The van der Waals surface area contributed by atoms with Gasteiger partial charge in [-0.3, -0.25) is 14.5 Å². The molecule has 28 heavy (non-hydrogen) atoms. The van der Waals surface area contributed by atoms with E-state index in [-0.39, 0.29) is 23.3 Å². The molecule has 1 heterocycles. The number of carbonyl (C=O) groups excluding carboxylic acids is 2. The van der Waals surface area contributed by atoms with Crippen LogP contribution in [0.15, 0.2) is 30.3 Å². The average Bonchev–Trinajstić information content (AvgIpc) is 2.68. The van der Waals surface area contributed by atoms with Gasteiger partial charge >= 0.3 is 0 Å². The fourth-order valence-electron chi connectivity index (χ4n) is 4.30. The maximum atomic E-state index is 12.9. The van der Waals surface area contributed by atoms with Crippen molar-refractivity contribution in [1.29, 1.82) is 0 Å². The van der Waals surface area contributed by atoms with Gasteiger partial charge in [0, 0.05) is 50.1 Å². The number of carbonyl (C=O) groups is 2. The van der Waals surface area contributed by atoms with E-state index >= 15 is 0 Å². The van der Waals surface area contributed by atoms with Crippen LogP contribution in [0.1, 0.15) is 52.0 Å². The highest BCUT2D eigenvalue weighted by Crippen LogP contribution is 2.31. The third kappa shape index (κ3) is 5.81. The van der Waals surface area contributed by atoms with Crippen LogP contribution in [0.25, 0.3) is 0 Å². The summed E-state index contributed by atoms with van der Waals surface area (Å²) in [5, 5.41) is 3.08. The molecule has 0 bridgehead atoms. The summed E-state index contributed by atoms with van der Waals surface area (Å²) in [5.41, 5.74) is 1.14. The van der Waals surface area contributed by atoms with Crippen molar-refractivity contribution in [1.82, 2.24) is 15.1 Å². The second-order valence-electron chi connectivity index (χ2n) is 9.37. The van der Waals surface area contributed by atoms with Gasteiger partial charge in [-0.1, -0.05) is 30.3 Å². The Kier molecular flexibility index (Phi) is 6.76. The van der Waals surface area contributed by atoms with Gasteiger partial charge in [0.1, 0.15) is 0 Å². The number of nitrogens with zero attached hydrogens (tertiary/aromatic N) is 2. The maximum Gasteiger partial charge on any atom is 0.225 e. The maximum absolute atomic E-state index is 12.9. The third-order valence-corrected chi connectivity index (χ3v) is 5.88. The van der Waals surface area contributed by atoms with Gasteiger partial charge in [0.25, 0.3) is 0 Å². The van der Waals surface area contributed by atoms with Crippen LogP contribution in [-0.2, 0) is 16.1 Å². The molecule has 1 aromatic rings. The summed E-state index contributed by atoms with van der Waals surface area (Å²) in [5.74, 6) is 0.604. The van der Waals surface area contributed by atoms with Crippen LogP contribution in [0.5, 0.6) is 0 Å². The lowest BCUT2D eigenvalue weighted by molar-refractivity contribution is -0.140. The van der Waals surface area contributed by atoms with Crippen molar-refractivity contribution in [3.63, 3.8) is 0 Å². The summed E-state index contributed by atoms with van der Waals surface area (Å²) in [6.07, 6.45) is 3.33. The van der Waals surface area contributed by atoms with Crippen molar-refractivity contribution in [2.45, 2.75) is 58.5 Å². The number of benzene rings is 1. The van der Waals surface area contributed by atoms with Crippen LogP contribution >= 0.6 is 0 Å². The van der Waals surface area contributed by atoms with Gasteiger partial charge in [-0.2, -0.15) is 0 Å². The first-order chi connectivity index (χ1) is 13.3. The molecule has 1 aliphatic carbocycles. The van der Waals surface area contributed by atoms with E-state index in [0.29, 0.717) is 5.91 Å². The zero-order valence-electron chi connectivity index (χ0n) is 17.6. The summed E-state index contributed by atoms with van der Waals surface area (Å²) < 4.78 is 0. The zero-order valence-corrected chi connectivity index (χ0v) is 17.6. The molecule has 154 valence electrons. The van der Waals surface area contributed by atoms with E-state index in [4.69, 9.17) is 0 Å². The van der Waals surface area contributed by atoms with Crippen LogP contribution in [0, 0.1) is 11.8 Å². The van der Waals surface area contributed by atoms with Gasteiger partial charge in [-0.25, -0.2) is 0 Å². The van der Waals surface area contributed by atoms with Gasteiger partial charge < -0.3 is 10.2 Å². The van der Waals surface area contributed by atoms with Gasteiger partial charge in [-0.15, -0.1) is 0 Å². The largest absolute Gasteiger partial charge is 0.351 e. The van der Waals surface area contributed by atoms with Crippen LogP contribution in [0.2, 0.25) is 0 Å². The standard InChI is InChI=1S/C23H35N3O2/c1-23(2,3)24-21(27)19-9-11-20(12-10-19)22(28)26-15-13-25(14-16-26)17-18-7-5-4-6-8-18/h4-8,19-20H,9-17H2,1-3H3,(H,24,27). The molecule has 1 N–H and O–H groups in total. The second kappa shape index (κ2) is 9.08. The minimum atomic E-state index is -0.191. The van der Waals surface area contributed by atoms with Gasteiger partial charge in [-0.05, 0) is 52.0 Å². The Morgan fingerprint density at radius 2 is 1.50 bits per heavy atom. The number of amides is 2. The number of hydrogen-bond acceptors (Lipinski definition) is 3. The van der Waals surface area contributed by atoms with Gasteiger partial charge in [0.2, 0.25) is 11.8 Å². The smallest absolute Gasteiger partial charge is 0.225 e. The molecule has 1 saturated carbocycles. The lowest BCUT2D eigenvalue weighted by atomic mass is 9.80. The Morgan fingerprint density at radius 3 is 2.07 bits per heavy atom. The Bertz CT molecular complexity index is 652. The molecule has 2 fully saturated rings. The summed E-state index contributed by atoms with van der Waals surface area (Å²) >= 11 is 0. The molecule has 1 aliphatic heterocycles. The Hall–Kier alpha value is -1.88. The van der Waals surface area contributed by atoms with E-state index in [9.17, 15) is 9.59 Å². The van der Waals surface area contributed by atoms with Crippen molar-refractivity contribution >= 4 is 11.8 Å². The first kappa shape index (κ1) is 20.8. The quantitative estimate of drug-likeness (QED) is 0.867. The molecule has 1 saturated heterocycles. The van der Waals surface area contributed by atoms with Crippen molar-refractivity contribution in [2.75, 3.05) is 26.2 Å². The molecule has 1 aromatic carbocycles. The van der Waals surface area contributed by atoms with E-state index in [1.165, 1.54) is 5.56 Å². The Morgan fingerprint density at radius 1 is 0.929 bits per heavy atom. The van der Waals surface area contributed by atoms with Crippen LogP contribution in [0.3, 0.4) is 0 Å². The normalized spacial score (nSPS) is 24.0. The van der Waals surface area contributed by atoms with Crippen molar-refractivity contribution < 1.29 is 9.59 Å². The highest BCUT2D eigenvalue weighted by atomic mass is 16.2. The molecule has 0 spiro atoms. The zero-order chi connectivity index (χ0) is 20.1. The molecule has 0 atom stereocenters. The molecule has 5 nitrogen and oxygen atoms in total. The second-order valence-corrected chi connectivity index (χ2v) is 9.37. The first-order valence-electron chi connectivity index (χ1n) is 10.7. The summed E-state index contributed by atoms with van der Waals surface area (Å²) in [7, 11) is 0. The van der Waals surface area contributed by atoms with E-state index in [1.807, 2.05) is 31.7 Å². The first-order valence-corrected chi connectivity index (χ1v) is 10.7. The monoisotopic (exact) mass is 385 g/mol. The van der Waals surface area contributed by atoms with Crippen molar-refractivity contribution in [3.05, 3.63) is 35.9 Å². The molecule has 2 aliphatic rings. The number of hydrogen-bond donors (Lipinski definition) is 1. The molecule has 3 rings (SSSR count). The van der Waals surface area contributed by atoms with E-state index < -0.39 is 0 Å². The molecular formula is C23H35N3O2. The van der Waals surface area contributed by atoms with E-state index in [0.717, 1.165) is 58.4 Å².